The molecule has 54 valence electrons. The summed E-state index contributed by atoms with van der Waals surface area (Å²) >= 11 is 0. The number of esters is 1. The van der Waals surface area contributed by atoms with E-state index in [2.05, 4.69) is 4.74 Å². The van der Waals surface area contributed by atoms with Crippen LogP contribution in [0.15, 0.2) is 18.5 Å². The Balaban J connectivity index is 2.85. The van der Waals surface area contributed by atoms with Crippen molar-refractivity contribution in [2.75, 3.05) is 13.0 Å². The molecule has 0 aromatic carbocycles. The minimum absolute atomic E-state index is 0.371. The summed E-state index contributed by atoms with van der Waals surface area (Å²) in [7, 11) is 1.33. The second-order valence-corrected chi connectivity index (χ2v) is 1.84. The van der Waals surface area contributed by atoms with Crippen LogP contribution in [0, 0.1) is 0 Å². The number of aromatic nitrogens is 1. The summed E-state index contributed by atoms with van der Waals surface area (Å²) in [6, 6.07) is 1.59. The molecular formula is C6H8N2O2. The summed E-state index contributed by atoms with van der Waals surface area (Å²) < 4.78 is 5.74. The lowest BCUT2D eigenvalue weighted by Crippen LogP contribution is -2.05. The first-order valence-corrected chi connectivity index (χ1v) is 2.75. The predicted molar refractivity (Wildman–Crippen MR) is 35.9 cm³/mol. The van der Waals surface area contributed by atoms with Crippen LogP contribution < -0.4 is 5.84 Å². The van der Waals surface area contributed by atoms with E-state index in [1.54, 1.807) is 12.3 Å². The van der Waals surface area contributed by atoms with Crippen LogP contribution in [0.5, 0.6) is 0 Å². The third-order valence-electron chi connectivity index (χ3n) is 1.14. The Morgan fingerprint density at radius 2 is 2.50 bits per heavy atom. The Morgan fingerprint density at radius 3 is 2.90 bits per heavy atom. The third-order valence-corrected chi connectivity index (χ3v) is 1.14. The molecule has 0 aliphatic rings. The van der Waals surface area contributed by atoms with E-state index in [4.69, 9.17) is 5.84 Å². The van der Waals surface area contributed by atoms with E-state index >= 15 is 0 Å². The molecule has 1 aromatic rings. The summed E-state index contributed by atoms with van der Waals surface area (Å²) in [6.45, 7) is 0. The third kappa shape index (κ3) is 1.10. The normalized spacial score (nSPS) is 9.30. The maximum atomic E-state index is 10.7. The maximum absolute atomic E-state index is 10.7. The SMILES string of the molecule is COC(=O)c1ccn(N)c1. The Morgan fingerprint density at radius 1 is 1.80 bits per heavy atom. The monoisotopic (exact) mass is 140 g/mol. The lowest BCUT2D eigenvalue weighted by Gasteiger charge is -1.91. The van der Waals surface area contributed by atoms with Crippen molar-refractivity contribution in [2.45, 2.75) is 0 Å². The molecule has 1 aromatic heterocycles. The fourth-order valence-electron chi connectivity index (χ4n) is 0.652. The van der Waals surface area contributed by atoms with E-state index < -0.39 is 0 Å². The number of nitrogens with zero attached hydrogens (tertiary/aromatic N) is 1. The Bertz CT molecular complexity index is 242. The first-order valence-electron chi connectivity index (χ1n) is 2.75. The average Bonchev–Trinajstić information content (AvgIpc) is 2.34. The van der Waals surface area contributed by atoms with Crippen LogP contribution in [0.25, 0.3) is 0 Å². The molecule has 2 N–H and O–H groups in total. The number of carbonyl (C=O) groups excluding carboxylic acids is 1. The summed E-state index contributed by atoms with van der Waals surface area (Å²) in [5, 5.41) is 0. The number of carbonyl (C=O) groups is 1. The molecule has 10 heavy (non-hydrogen) atoms. The molecule has 0 amide bonds. The summed E-state index contributed by atoms with van der Waals surface area (Å²) in [6.07, 6.45) is 3.07. The molecule has 0 atom stereocenters. The zero-order valence-corrected chi connectivity index (χ0v) is 5.57. The Kier molecular flexibility index (Phi) is 1.62. The van der Waals surface area contributed by atoms with Crippen LogP contribution in [0.3, 0.4) is 0 Å². The number of hydrogen-bond donors (Lipinski definition) is 1. The van der Waals surface area contributed by atoms with Crippen molar-refractivity contribution < 1.29 is 9.53 Å². The summed E-state index contributed by atoms with van der Waals surface area (Å²) in [5.74, 6) is 4.91. The molecule has 4 nitrogen and oxygen atoms in total. The largest absolute Gasteiger partial charge is 0.465 e. The van der Waals surface area contributed by atoms with Gasteiger partial charge in [-0.25, -0.2) is 4.79 Å². The molecule has 4 heteroatoms. The van der Waals surface area contributed by atoms with Crippen LogP contribution in [-0.2, 0) is 4.74 Å². The lowest BCUT2D eigenvalue weighted by atomic mass is 10.3. The van der Waals surface area contributed by atoms with Gasteiger partial charge in [0.15, 0.2) is 0 Å². The molecule has 0 aliphatic heterocycles. The topological polar surface area (TPSA) is 57.2 Å². The second-order valence-electron chi connectivity index (χ2n) is 1.84. The van der Waals surface area contributed by atoms with E-state index in [0.29, 0.717) is 5.56 Å². The van der Waals surface area contributed by atoms with Gasteiger partial charge in [0.1, 0.15) is 0 Å². The van der Waals surface area contributed by atoms with E-state index in [-0.39, 0.29) is 5.97 Å². The predicted octanol–water partition coefficient (Wildman–Crippen LogP) is -0.0115. The van der Waals surface area contributed by atoms with Gasteiger partial charge in [0.05, 0.1) is 12.7 Å². The van der Waals surface area contributed by atoms with Crippen LogP contribution in [0.4, 0.5) is 0 Å². The van der Waals surface area contributed by atoms with Gasteiger partial charge in [0, 0.05) is 12.4 Å². The molecule has 0 spiro atoms. The Labute approximate surface area is 58.2 Å². The quantitative estimate of drug-likeness (QED) is 0.441. The van der Waals surface area contributed by atoms with Crippen molar-refractivity contribution in [1.82, 2.24) is 4.68 Å². The fraction of sp³-hybridized carbons (Fsp3) is 0.167. The van der Waals surface area contributed by atoms with Crippen molar-refractivity contribution in [3.63, 3.8) is 0 Å². The minimum Gasteiger partial charge on any atom is -0.465 e. The lowest BCUT2D eigenvalue weighted by molar-refractivity contribution is 0.0601. The highest BCUT2D eigenvalue weighted by atomic mass is 16.5. The van der Waals surface area contributed by atoms with Gasteiger partial charge in [0.2, 0.25) is 0 Å². The molecular weight excluding hydrogens is 132 g/mol. The standard InChI is InChI=1S/C6H8N2O2/c1-10-6(9)5-2-3-8(7)4-5/h2-4H,7H2,1H3. The maximum Gasteiger partial charge on any atom is 0.339 e. The van der Waals surface area contributed by atoms with Crippen molar-refractivity contribution in [3.8, 4) is 0 Å². The number of nitrogens with two attached hydrogens (primary N) is 1. The van der Waals surface area contributed by atoms with Gasteiger partial charge in [-0.3, -0.25) is 4.68 Å². The first-order chi connectivity index (χ1) is 4.74. The molecule has 0 saturated carbocycles. The fourth-order valence-corrected chi connectivity index (χ4v) is 0.652. The van der Waals surface area contributed by atoms with Gasteiger partial charge in [-0.1, -0.05) is 0 Å². The smallest absolute Gasteiger partial charge is 0.339 e. The summed E-state index contributed by atoms with van der Waals surface area (Å²) in [5.41, 5.74) is 0.463. The Hall–Kier alpha value is -1.45. The van der Waals surface area contributed by atoms with Crippen LogP contribution >= 0.6 is 0 Å². The minimum atomic E-state index is -0.371. The molecule has 0 saturated heterocycles. The van der Waals surface area contributed by atoms with Gasteiger partial charge in [-0.2, -0.15) is 0 Å². The van der Waals surface area contributed by atoms with Crippen molar-refractivity contribution in [2.24, 2.45) is 0 Å². The van der Waals surface area contributed by atoms with Crippen LogP contribution in [0.1, 0.15) is 10.4 Å². The second kappa shape index (κ2) is 2.43. The van der Waals surface area contributed by atoms with E-state index in [9.17, 15) is 4.79 Å². The number of methoxy groups -OCH3 is 1. The van der Waals surface area contributed by atoms with Crippen molar-refractivity contribution >= 4 is 5.97 Å². The van der Waals surface area contributed by atoms with Crippen molar-refractivity contribution in [1.29, 1.82) is 0 Å². The van der Waals surface area contributed by atoms with Crippen LogP contribution in [0.2, 0.25) is 0 Å². The van der Waals surface area contributed by atoms with E-state index in [1.165, 1.54) is 18.0 Å². The first kappa shape index (κ1) is 6.67. The van der Waals surface area contributed by atoms with Gasteiger partial charge in [-0.15, -0.1) is 0 Å². The highest BCUT2D eigenvalue weighted by Crippen LogP contribution is 1.98. The molecule has 0 radical (unpaired) electrons. The highest BCUT2D eigenvalue weighted by Gasteiger charge is 2.04. The van der Waals surface area contributed by atoms with Gasteiger partial charge >= 0.3 is 5.97 Å². The van der Waals surface area contributed by atoms with Gasteiger partial charge in [0.25, 0.3) is 0 Å². The molecule has 0 aliphatic carbocycles. The van der Waals surface area contributed by atoms with Gasteiger partial charge < -0.3 is 10.6 Å². The van der Waals surface area contributed by atoms with Crippen LogP contribution in [-0.4, -0.2) is 17.8 Å². The number of ether oxygens (including phenoxy) is 1. The van der Waals surface area contributed by atoms with Gasteiger partial charge in [-0.05, 0) is 6.07 Å². The number of rotatable bonds is 1. The molecule has 1 rings (SSSR count). The summed E-state index contributed by atoms with van der Waals surface area (Å²) in [4.78, 5) is 10.7. The molecule has 0 fully saturated rings. The molecule has 0 unspecified atom stereocenters. The average molecular weight is 140 g/mol. The zero-order valence-electron chi connectivity index (χ0n) is 5.57. The molecule has 0 bridgehead atoms. The molecule has 1 heterocycles. The van der Waals surface area contributed by atoms with E-state index in [0.717, 1.165) is 0 Å². The van der Waals surface area contributed by atoms with Crippen molar-refractivity contribution in [3.05, 3.63) is 24.0 Å². The number of hydrogen-bond acceptors (Lipinski definition) is 3. The number of nitrogen functional groups attached to an aromatic ring is 1. The zero-order chi connectivity index (χ0) is 7.56. The highest BCUT2D eigenvalue weighted by molar-refractivity contribution is 5.88. The van der Waals surface area contributed by atoms with E-state index in [1.807, 2.05) is 0 Å².